The molecular formula is C27H32N2O2. The number of fused-ring (bicyclic) bond motifs is 2. The molecule has 0 bridgehead atoms. The number of methoxy groups -OCH3 is 1. The van der Waals surface area contributed by atoms with Crippen LogP contribution in [-0.2, 0) is 10.4 Å². The number of benzene rings is 2. The van der Waals surface area contributed by atoms with E-state index in [2.05, 4.69) is 78.4 Å². The van der Waals surface area contributed by atoms with Gasteiger partial charge in [-0.05, 0) is 71.8 Å². The van der Waals surface area contributed by atoms with Crippen LogP contribution in [0.3, 0.4) is 0 Å². The van der Waals surface area contributed by atoms with Crippen molar-refractivity contribution in [1.82, 2.24) is 5.06 Å². The number of ether oxygens (including phenoxy) is 1. The second-order valence-corrected chi connectivity index (χ2v) is 11.3. The summed E-state index contributed by atoms with van der Waals surface area (Å²) in [5, 5.41) is 2.36. The molecule has 0 N–H and O–H groups in total. The zero-order valence-corrected chi connectivity index (χ0v) is 18.8. The lowest BCUT2D eigenvalue weighted by atomic mass is 9.74. The molecule has 2 aromatic rings. The average molecular weight is 417 g/mol. The van der Waals surface area contributed by atoms with Gasteiger partial charge in [-0.1, -0.05) is 44.2 Å². The zero-order valence-electron chi connectivity index (χ0n) is 18.8. The predicted molar refractivity (Wildman–Crippen MR) is 121 cm³/mol. The van der Waals surface area contributed by atoms with E-state index in [1.807, 2.05) is 0 Å². The van der Waals surface area contributed by atoms with Crippen LogP contribution in [0.5, 0.6) is 5.75 Å². The number of anilines is 1. The molecule has 5 fully saturated rings. The predicted octanol–water partition coefficient (Wildman–Crippen LogP) is 5.20. The number of hydrogen-bond donors (Lipinski definition) is 0. The van der Waals surface area contributed by atoms with E-state index in [4.69, 9.17) is 9.57 Å². The number of nitrogens with zero attached hydrogens (tertiary/aromatic N) is 2. The third kappa shape index (κ3) is 2.13. The highest BCUT2D eigenvalue weighted by atomic mass is 16.7. The minimum Gasteiger partial charge on any atom is -0.497 e. The molecule has 31 heavy (non-hydrogen) atoms. The molecule has 5 atom stereocenters. The summed E-state index contributed by atoms with van der Waals surface area (Å²) in [5.41, 5.74) is 3.70. The van der Waals surface area contributed by atoms with Crippen molar-refractivity contribution in [2.75, 3.05) is 25.2 Å². The van der Waals surface area contributed by atoms with Crippen LogP contribution in [0, 0.1) is 22.7 Å². The molecule has 0 radical (unpaired) electrons. The molecule has 3 aliphatic carbocycles. The van der Waals surface area contributed by atoms with Crippen molar-refractivity contribution in [1.29, 1.82) is 0 Å². The van der Waals surface area contributed by atoms with E-state index in [1.54, 1.807) is 7.11 Å². The van der Waals surface area contributed by atoms with Crippen molar-refractivity contribution >= 4 is 5.69 Å². The van der Waals surface area contributed by atoms with Gasteiger partial charge in [0.15, 0.2) is 0 Å². The van der Waals surface area contributed by atoms with Crippen LogP contribution in [0.2, 0.25) is 0 Å². The number of rotatable bonds is 3. The standard InChI is InChI=1S/C27H32N2O2/c1-24(2)22-13-14-26(23-15-27(22,23)24)16-25(19-7-5-4-6-8-19)17-28(18-29(25)31-26)20-9-11-21(30-3)12-10-20/h4-12,22-23H,13-18H2,1-3H3/t22-,23-,25-,26+,27-/m0/s1. The summed E-state index contributed by atoms with van der Waals surface area (Å²) < 4.78 is 5.36. The molecule has 2 spiro atoms. The first kappa shape index (κ1) is 18.5. The van der Waals surface area contributed by atoms with Gasteiger partial charge in [0, 0.05) is 18.7 Å². The minimum absolute atomic E-state index is 0.0338. The summed E-state index contributed by atoms with van der Waals surface area (Å²) in [6.07, 6.45) is 5.06. The smallest absolute Gasteiger partial charge is 0.119 e. The summed E-state index contributed by atoms with van der Waals surface area (Å²) in [5.74, 6) is 2.58. The Hall–Kier alpha value is -2.04. The quantitative estimate of drug-likeness (QED) is 0.687. The summed E-state index contributed by atoms with van der Waals surface area (Å²) >= 11 is 0. The fourth-order valence-electron chi connectivity index (χ4n) is 8.33. The molecule has 0 amide bonds. The molecular weight excluding hydrogens is 384 g/mol. The van der Waals surface area contributed by atoms with E-state index in [-0.39, 0.29) is 11.1 Å². The van der Waals surface area contributed by atoms with Gasteiger partial charge in [-0.15, -0.1) is 0 Å². The Kier molecular flexibility index (Phi) is 3.38. The molecule has 0 aromatic heterocycles. The maximum absolute atomic E-state index is 7.07. The summed E-state index contributed by atoms with van der Waals surface area (Å²) in [4.78, 5) is 9.54. The summed E-state index contributed by atoms with van der Waals surface area (Å²) in [6, 6.07) is 19.6. The lowest BCUT2D eigenvalue weighted by Gasteiger charge is -2.34. The topological polar surface area (TPSA) is 24.9 Å². The van der Waals surface area contributed by atoms with E-state index in [0.717, 1.165) is 37.2 Å². The van der Waals surface area contributed by atoms with Crippen molar-refractivity contribution in [3.8, 4) is 5.75 Å². The van der Waals surface area contributed by atoms with Gasteiger partial charge in [-0.3, -0.25) is 4.84 Å². The van der Waals surface area contributed by atoms with Crippen LogP contribution in [0.4, 0.5) is 5.69 Å². The van der Waals surface area contributed by atoms with E-state index in [9.17, 15) is 0 Å². The van der Waals surface area contributed by atoms with Crippen molar-refractivity contribution in [3.05, 3.63) is 60.2 Å². The van der Waals surface area contributed by atoms with E-state index >= 15 is 0 Å². The second-order valence-electron chi connectivity index (χ2n) is 11.3. The van der Waals surface area contributed by atoms with Gasteiger partial charge >= 0.3 is 0 Å². The Labute approximate surface area is 185 Å². The van der Waals surface area contributed by atoms with Crippen molar-refractivity contribution < 1.29 is 9.57 Å². The molecule has 0 unspecified atom stereocenters. The van der Waals surface area contributed by atoms with Gasteiger partial charge in [-0.25, -0.2) is 0 Å². The van der Waals surface area contributed by atoms with Gasteiger partial charge in [-0.2, -0.15) is 5.06 Å². The van der Waals surface area contributed by atoms with Crippen LogP contribution in [0.15, 0.2) is 54.6 Å². The molecule has 162 valence electrons. The maximum atomic E-state index is 7.07. The normalized spacial score (nSPS) is 41.6. The highest BCUT2D eigenvalue weighted by Crippen LogP contribution is 2.91. The zero-order chi connectivity index (χ0) is 21.1. The van der Waals surface area contributed by atoms with Crippen LogP contribution in [0.1, 0.15) is 45.1 Å². The first-order chi connectivity index (χ1) is 15.0. The molecule has 2 aromatic carbocycles. The minimum atomic E-state index is -0.0726. The first-order valence-corrected chi connectivity index (χ1v) is 11.9. The number of hydrogen-bond acceptors (Lipinski definition) is 4. The van der Waals surface area contributed by atoms with Gasteiger partial charge in [0.05, 0.1) is 24.9 Å². The van der Waals surface area contributed by atoms with Crippen molar-refractivity contribution in [2.24, 2.45) is 22.7 Å². The monoisotopic (exact) mass is 416 g/mol. The summed E-state index contributed by atoms with van der Waals surface area (Å²) in [7, 11) is 1.72. The number of hydroxylamine groups is 2. The fraction of sp³-hybridized carbons (Fsp3) is 0.556. The van der Waals surface area contributed by atoms with Gasteiger partial charge in [0.2, 0.25) is 0 Å². The third-order valence-electron chi connectivity index (χ3n) is 9.97. The Morgan fingerprint density at radius 1 is 1.00 bits per heavy atom. The van der Waals surface area contributed by atoms with Crippen LogP contribution < -0.4 is 9.64 Å². The Morgan fingerprint density at radius 2 is 1.77 bits per heavy atom. The summed E-state index contributed by atoms with van der Waals surface area (Å²) in [6.45, 7) is 6.80. The first-order valence-electron chi connectivity index (χ1n) is 11.9. The lowest BCUT2D eigenvalue weighted by molar-refractivity contribution is -0.223. The highest BCUT2D eigenvalue weighted by Gasteiger charge is 2.88. The largest absolute Gasteiger partial charge is 0.497 e. The van der Waals surface area contributed by atoms with Crippen molar-refractivity contribution in [3.63, 3.8) is 0 Å². The van der Waals surface area contributed by atoms with Gasteiger partial charge in [0.1, 0.15) is 5.75 Å². The van der Waals surface area contributed by atoms with E-state index in [0.29, 0.717) is 10.8 Å². The SMILES string of the molecule is COc1ccc(N2CN3O[C@]4(CC[C@H]5C(C)(C)[C@@]56C[C@@H]46)C[C@@]3(c3ccccc3)C2)cc1. The molecule has 2 saturated heterocycles. The van der Waals surface area contributed by atoms with Crippen LogP contribution >= 0.6 is 0 Å². The lowest BCUT2D eigenvalue weighted by Crippen LogP contribution is -2.40. The molecule has 4 nitrogen and oxygen atoms in total. The Balaban J connectivity index is 1.24. The van der Waals surface area contributed by atoms with E-state index in [1.165, 1.54) is 30.5 Å². The molecule has 7 rings (SSSR count). The third-order valence-corrected chi connectivity index (χ3v) is 9.97. The maximum Gasteiger partial charge on any atom is 0.119 e. The fourth-order valence-corrected chi connectivity index (χ4v) is 8.33. The van der Waals surface area contributed by atoms with Gasteiger partial charge in [0.25, 0.3) is 0 Å². The van der Waals surface area contributed by atoms with E-state index < -0.39 is 0 Å². The van der Waals surface area contributed by atoms with Gasteiger partial charge < -0.3 is 9.64 Å². The van der Waals surface area contributed by atoms with Crippen LogP contribution in [0.25, 0.3) is 0 Å². The molecule has 3 saturated carbocycles. The Morgan fingerprint density at radius 3 is 2.52 bits per heavy atom. The van der Waals surface area contributed by atoms with Crippen LogP contribution in [-0.4, -0.2) is 31.0 Å². The molecule has 2 heterocycles. The highest BCUT2D eigenvalue weighted by molar-refractivity contribution is 5.52. The second kappa shape index (κ2) is 5.65. The molecule has 5 aliphatic rings. The average Bonchev–Trinajstić information content (AvgIpc) is 3.54. The molecule has 4 heteroatoms. The Bertz CT molecular complexity index is 1040. The molecule has 2 aliphatic heterocycles. The van der Waals surface area contributed by atoms with Crippen molar-refractivity contribution in [2.45, 2.75) is 50.7 Å².